The van der Waals surface area contributed by atoms with Crippen LogP contribution in [-0.4, -0.2) is 20.3 Å². The van der Waals surface area contributed by atoms with Crippen LogP contribution in [0.1, 0.15) is 18.2 Å². The highest BCUT2D eigenvalue weighted by atomic mass is 16.5. The van der Waals surface area contributed by atoms with Crippen LogP contribution in [-0.2, 0) is 6.42 Å². The van der Waals surface area contributed by atoms with Crippen molar-refractivity contribution < 1.29 is 4.52 Å². The second-order valence-electron chi connectivity index (χ2n) is 4.24. The van der Waals surface area contributed by atoms with E-state index in [0.29, 0.717) is 17.1 Å². The van der Waals surface area contributed by atoms with Gasteiger partial charge in [0.1, 0.15) is 11.8 Å². The normalized spacial score (nSPS) is 10.4. The van der Waals surface area contributed by atoms with Gasteiger partial charge in [-0.25, -0.2) is 0 Å². The lowest BCUT2D eigenvalue weighted by Crippen LogP contribution is -1.84. The lowest BCUT2D eigenvalue weighted by atomic mass is 10.1. The average molecular weight is 265 g/mol. The summed E-state index contributed by atoms with van der Waals surface area (Å²) in [5, 5.41) is 19.3. The molecule has 0 spiro atoms. The van der Waals surface area contributed by atoms with Crippen LogP contribution in [0.4, 0.5) is 0 Å². The fraction of sp³-hybridized carbons (Fsp3) is 0.143. The van der Waals surface area contributed by atoms with E-state index in [4.69, 9.17) is 9.78 Å². The van der Waals surface area contributed by atoms with Crippen LogP contribution >= 0.6 is 0 Å². The summed E-state index contributed by atoms with van der Waals surface area (Å²) < 4.78 is 5.19. The van der Waals surface area contributed by atoms with Crippen LogP contribution in [0, 0.1) is 11.3 Å². The van der Waals surface area contributed by atoms with Crippen molar-refractivity contribution in [2.45, 2.75) is 13.3 Å². The van der Waals surface area contributed by atoms with Crippen LogP contribution < -0.4 is 0 Å². The Morgan fingerprint density at radius 3 is 2.80 bits per heavy atom. The van der Waals surface area contributed by atoms with Crippen LogP contribution in [0.2, 0.25) is 0 Å². The number of aromatic nitrogens is 4. The van der Waals surface area contributed by atoms with Crippen molar-refractivity contribution in [3.63, 3.8) is 0 Å². The molecular formula is C14H11N5O. The van der Waals surface area contributed by atoms with Gasteiger partial charge in [0.05, 0.1) is 11.8 Å². The van der Waals surface area contributed by atoms with Crippen LogP contribution in [0.3, 0.4) is 0 Å². The molecule has 6 heteroatoms. The van der Waals surface area contributed by atoms with E-state index in [1.165, 1.54) is 11.8 Å². The Morgan fingerprint density at radius 1 is 1.30 bits per heavy atom. The third-order valence-corrected chi connectivity index (χ3v) is 3.03. The molecule has 0 atom stereocenters. The standard InChI is InChI=1S/C14H11N5O/c1-2-9-3-5-10(6-4-9)13-17-14(20-19-13)11-8-16-18-12(11)7-15/h3-6,8H,2H2,1H3,(H,16,18). The number of nitriles is 1. The van der Waals surface area contributed by atoms with E-state index in [1.54, 1.807) is 0 Å². The molecule has 6 nitrogen and oxygen atoms in total. The molecule has 0 saturated heterocycles. The number of aryl methyl sites for hydroxylation is 1. The van der Waals surface area contributed by atoms with Gasteiger partial charge in [0, 0.05) is 5.56 Å². The summed E-state index contributed by atoms with van der Waals surface area (Å²) in [7, 11) is 0. The Morgan fingerprint density at radius 2 is 2.10 bits per heavy atom. The predicted molar refractivity (Wildman–Crippen MR) is 71.4 cm³/mol. The molecule has 2 aromatic heterocycles. The summed E-state index contributed by atoms with van der Waals surface area (Å²) in [5.74, 6) is 0.776. The number of rotatable bonds is 3. The van der Waals surface area contributed by atoms with E-state index in [9.17, 15) is 0 Å². The van der Waals surface area contributed by atoms with Crippen molar-refractivity contribution in [3.05, 3.63) is 41.7 Å². The topological polar surface area (TPSA) is 91.4 Å². The third-order valence-electron chi connectivity index (χ3n) is 3.03. The van der Waals surface area contributed by atoms with E-state index in [-0.39, 0.29) is 5.89 Å². The minimum atomic E-state index is 0.282. The first-order valence-electron chi connectivity index (χ1n) is 6.18. The van der Waals surface area contributed by atoms with Gasteiger partial charge in [-0.15, -0.1) is 0 Å². The second kappa shape index (κ2) is 4.97. The van der Waals surface area contributed by atoms with Crippen molar-refractivity contribution in [1.29, 1.82) is 5.26 Å². The fourth-order valence-corrected chi connectivity index (χ4v) is 1.87. The smallest absolute Gasteiger partial charge is 0.262 e. The van der Waals surface area contributed by atoms with Crippen molar-refractivity contribution >= 4 is 0 Å². The Kier molecular flexibility index (Phi) is 3.01. The summed E-state index contributed by atoms with van der Waals surface area (Å²) in [4.78, 5) is 4.30. The van der Waals surface area contributed by atoms with Crippen molar-refractivity contribution in [2.75, 3.05) is 0 Å². The number of hydrogen-bond acceptors (Lipinski definition) is 5. The minimum absolute atomic E-state index is 0.282. The van der Waals surface area contributed by atoms with E-state index < -0.39 is 0 Å². The van der Waals surface area contributed by atoms with E-state index in [1.807, 2.05) is 30.3 Å². The first-order chi connectivity index (χ1) is 9.81. The molecule has 0 aliphatic heterocycles. The Bertz CT molecular complexity index is 763. The molecular weight excluding hydrogens is 254 g/mol. The van der Waals surface area contributed by atoms with Gasteiger partial charge in [0.25, 0.3) is 5.89 Å². The predicted octanol–water partition coefficient (Wildman–Crippen LogP) is 2.56. The highest BCUT2D eigenvalue weighted by molar-refractivity contribution is 5.63. The van der Waals surface area contributed by atoms with Gasteiger partial charge < -0.3 is 4.52 Å². The summed E-state index contributed by atoms with van der Waals surface area (Å²) >= 11 is 0. The maximum atomic E-state index is 8.94. The SMILES string of the molecule is CCc1ccc(-c2noc(-c3cn[nH]c3C#N)n2)cc1. The molecule has 0 aliphatic carbocycles. The highest BCUT2D eigenvalue weighted by Crippen LogP contribution is 2.23. The number of benzene rings is 1. The molecule has 1 aromatic carbocycles. The first kappa shape index (κ1) is 12.1. The molecule has 0 radical (unpaired) electrons. The van der Waals surface area contributed by atoms with E-state index in [2.05, 4.69) is 27.3 Å². The zero-order chi connectivity index (χ0) is 13.9. The van der Waals surface area contributed by atoms with E-state index in [0.717, 1.165) is 12.0 Å². The number of nitrogens with zero attached hydrogens (tertiary/aromatic N) is 4. The molecule has 3 aromatic rings. The van der Waals surface area contributed by atoms with Gasteiger partial charge in [-0.05, 0) is 12.0 Å². The molecule has 0 amide bonds. The number of hydrogen-bond donors (Lipinski definition) is 1. The molecule has 2 heterocycles. The number of aromatic amines is 1. The van der Waals surface area contributed by atoms with Crippen molar-refractivity contribution in [1.82, 2.24) is 20.3 Å². The molecule has 3 rings (SSSR count). The molecule has 20 heavy (non-hydrogen) atoms. The average Bonchev–Trinajstić information content (AvgIpc) is 3.15. The van der Waals surface area contributed by atoms with Gasteiger partial charge >= 0.3 is 0 Å². The quantitative estimate of drug-likeness (QED) is 0.785. The van der Waals surface area contributed by atoms with Gasteiger partial charge in [-0.1, -0.05) is 36.3 Å². The van der Waals surface area contributed by atoms with Gasteiger partial charge in [-0.2, -0.15) is 15.3 Å². The molecule has 0 bridgehead atoms. The Labute approximate surface area is 115 Å². The highest BCUT2D eigenvalue weighted by Gasteiger charge is 2.15. The van der Waals surface area contributed by atoms with Crippen LogP contribution in [0.25, 0.3) is 22.8 Å². The Balaban J connectivity index is 1.96. The first-order valence-corrected chi connectivity index (χ1v) is 6.18. The largest absolute Gasteiger partial charge is 0.333 e. The molecule has 0 unspecified atom stereocenters. The van der Waals surface area contributed by atoms with Crippen LogP contribution in [0.15, 0.2) is 35.0 Å². The summed E-state index contributed by atoms with van der Waals surface area (Å²) in [6.07, 6.45) is 2.48. The van der Waals surface area contributed by atoms with Gasteiger partial charge in [0.2, 0.25) is 5.82 Å². The monoisotopic (exact) mass is 265 g/mol. The fourth-order valence-electron chi connectivity index (χ4n) is 1.87. The van der Waals surface area contributed by atoms with Gasteiger partial charge in [0.15, 0.2) is 0 Å². The maximum Gasteiger partial charge on any atom is 0.262 e. The molecule has 98 valence electrons. The van der Waals surface area contributed by atoms with Crippen molar-refractivity contribution in [3.8, 4) is 28.9 Å². The van der Waals surface area contributed by atoms with Crippen LogP contribution in [0.5, 0.6) is 0 Å². The summed E-state index contributed by atoms with van der Waals surface area (Å²) in [5.41, 5.74) is 2.94. The molecule has 1 N–H and O–H groups in total. The molecule has 0 aliphatic rings. The molecule has 0 saturated carbocycles. The lowest BCUT2D eigenvalue weighted by Gasteiger charge is -1.97. The van der Waals surface area contributed by atoms with Gasteiger partial charge in [-0.3, -0.25) is 5.10 Å². The Hall–Kier alpha value is -2.94. The zero-order valence-electron chi connectivity index (χ0n) is 10.8. The number of H-pyrrole nitrogens is 1. The van der Waals surface area contributed by atoms with E-state index >= 15 is 0 Å². The lowest BCUT2D eigenvalue weighted by molar-refractivity contribution is 0.432. The van der Waals surface area contributed by atoms with Crippen molar-refractivity contribution in [2.24, 2.45) is 0 Å². The number of nitrogens with one attached hydrogen (secondary N) is 1. The summed E-state index contributed by atoms with van der Waals surface area (Å²) in [6.45, 7) is 2.10. The molecule has 0 fully saturated rings. The second-order valence-corrected chi connectivity index (χ2v) is 4.24. The zero-order valence-corrected chi connectivity index (χ0v) is 10.8. The maximum absolute atomic E-state index is 8.94. The third kappa shape index (κ3) is 2.06. The minimum Gasteiger partial charge on any atom is -0.333 e. The summed E-state index contributed by atoms with van der Waals surface area (Å²) in [6, 6.07) is 9.96.